The molecular weight excluding hydrogens is 408 g/mol. The second-order valence-electron chi connectivity index (χ2n) is 13.5. The highest BCUT2D eigenvalue weighted by atomic mass is 14.7. The van der Waals surface area contributed by atoms with Crippen LogP contribution in [0.2, 0.25) is 0 Å². The zero-order valence-electron chi connectivity index (χ0n) is 22.3. The summed E-state index contributed by atoms with van der Waals surface area (Å²) in [5.41, 5.74) is 7.94. The Morgan fingerprint density at radius 2 is 1.32 bits per heavy atom. The fourth-order valence-corrected chi connectivity index (χ4v) is 9.02. The SMILES string of the molecule is CC1=C(C(/C=C2/C(=C/[C]3[CH][CH][CH][CH]3)[C@]3(C)CC[C@H]2C3(C)C)[C]2[CH][CH][CH][CH]2)[C@@H]2CC[C@@]1(C)C2(C)C. The molecule has 0 amide bonds. The van der Waals surface area contributed by atoms with Crippen LogP contribution >= 0.6 is 0 Å². The first-order valence-corrected chi connectivity index (χ1v) is 13.6. The molecule has 6 aliphatic carbocycles. The van der Waals surface area contributed by atoms with Gasteiger partial charge in [0, 0.05) is 11.8 Å². The van der Waals surface area contributed by atoms with Crippen LogP contribution in [0.1, 0.15) is 74.1 Å². The van der Waals surface area contributed by atoms with Crippen molar-refractivity contribution in [1.29, 1.82) is 0 Å². The van der Waals surface area contributed by atoms with E-state index in [0.717, 1.165) is 0 Å². The summed E-state index contributed by atoms with van der Waals surface area (Å²) in [5, 5.41) is 0. The predicted octanol–water partition coefficient (Wildman–Crippen LogP) is 8.49. The molecule has 0 nitrogen and oxygen atoms in total. The fourth-order valence-electron chi connectivity index (χ4n) is 9.02. The fraction of sp³-hybridized carbons (Fsp3) is 0.529. The van der Waals surface area contributed by atoms with E-state index in [1.807, 2.05) is 0 Å². The zero-order chi connectivity index (χ0) is 24.1. The van der Waals surface area contributed by atoms with Crippen LogP contribution in [0, 0.1) is 103 Å². The molecule has 6 aliphatic rings. The van der Waals surface area contributed by atoms with Gasteiger partial charge in [0.2, 0.25) is 0 Å². The molecular formula is C34H42. The van der Waals surface area contributed by atoms with E-state index in [4.69, 9.17) is 0 Å². The van der Waals surface area contributed by atoms with E-state index in [-0.39, 0.29) is 5.41 Å². The van der Waals surface area contributed by atoms with Gasteiger partial charge in [-0.3, -0.25) is 0 Å². The van der Waals surface area contributed by atoms with Crippen LogP contribution in [-0.2, 0) is 0 Å². The molecule has 0 heterocycles. The molecule has 0 aromatic rings. The monoisotopic (exact) mass is 450 g/mol. The normalized spacial score (nSPS) is 44.4. The van der Waals surface area contributed by atoms with Crippen molar-refractivity contribution in [2.45, 2.75) is 74.1 Å². The first-order chi connectivity index (χ1) is 16.0. The van der Waals surface area contributed by atoms with Gasteiger partial charge in [-0.05, 0) is 135 Å². The third-order valence-corrected chi connectivity index (χ3v) is 12.1. The largest absolute Gasteiger partial charge is 0.0729 e. The van der Waals surface area contributed by atoms with Crippen LogP contribution in [0.5, 0.6) is 0 Å². The Kier molecular flexibility index (Phi) is 5.29. The topological polar surface area (TPSA) is 0 Å². The van der Waals surface area contributed by atoms with Crippen LogP contribution in [-0.4, -0.2) is 0 Å². The van der Waals surface area contributed by atoms with Crippen molar-refractivity contribution in [1.82, 2.24) is 0 Å². The molecule has 0 saturated heterocycles. The molecule has 0 spiro atoms. The van der Waals surface area contributed by atoms with Crippen molar-refractivity contribution in [2.24, 2.45) is 39.4 Å². The molecule has 4 bridgehead atoms. The predicted molar refractivity (Wildman–Crippen MR) is 142 cm³/mol. The highest BCUT2D eigenvalue weighted by molar-refractivity contribution is 5.58. The molecule has 0 aromatic carbocycles. The van der Waals surface area contributed by atoms with Gasteiger partial charge in [-0.1, -0.05) is 64.8 Å². The molecule has 0 N–H and O–H groups in total. The Balaban J connectivity index is 1.49. The summed E-state index contributed by atoms with van der Waals surface area (Å²) < 4.78 is 0. The molecule has 0 aromatic heterocycles. The van der Waals surface area contributed by atoms with Crippen molar-refractivity contribution in [3.8, 4) is 0 Å². The molecule has 6 rings (SSSR count). The number of fused-ring (bicyclic) bond motifs is 4. The lowest BCUT2D eigenvalue weighted by molar-refractivity contribution is 0.168. The van der Waals surface area contributed by atoms with Gasteiger partial charge in [0.25, 0.3) is 0 Å². The summed E-state index contributed by atoms with van der Waals surface area (Å²) in [6, 6.07) is 0. The van der Waals surface area contributed by atoms with Gasteiger partial charge in [0.15, 0.2) is 0 Å². The highest BCUT2D eigenvalue weighted by Gasteiger charge is 2.63. The van der Waals surface area contributed by atoms with Gasteiger partial charge in [-0.25, -0.2) is 0 Å². The molecule has 5 fully saturated rings. The molecule has 178 valence electrons. The second kappa shape index (κ2) is 7.61. The minimum atomic E-state index is 0.251. The quantitative estimate of drug-likeness (QED) is 0.377. The number of allylic oxidation sites excluding steroid dienone is 6. The lowest BCUT2D eigenvalue weighted by Gasteiger charge is -2.36. The maximum absolute atomic E-state index is 2.75. The smallest absolute Gasteiger partial charge is 0.00566 e. The summed E-state index contributed by atoms with van der Waals surface area (Å²) in [6.45, 7) is 17.7. The molecule has 0 heteroatoms. The molecule has 0 aliphatic heterocycles. The maximum Gasteiger partial charge on any atom is 0.00566 e. The van der Waals surface area contributed by atoms with Gasteiger partial charge in [0.05, 0.1) is 0 Å². The van der Waals surface area contributed by atoms with Crippen LogP contribution in [0.15, 0.2) is 34.4 Å². The maximum atomic E-state index is 2.75. The van der Waals surface area contributed by atoms with Crippen LogP contribution in [0.3, 0.4) is 0 Å². The Hall–Kier alpha value is -0.780. The van der Waals surface area contributed by atoms with Crippen molar-refractivity contribution in [3.05, 3.63) is 97.6 Å². The second-order valence-corrected chi connectivity index (χ2v) is 13.5. The Morgan fingerprint density at radius 1 is 0.765 bits per heavy atom. The average Bonchev–Trinajstić information content (AvgIpc) is 3.59. The van der Waals surface area contributed by atoms with E-state index >= 15 is 0 Å². The third kappa shape index (κ3) is 2.90. The van der Waals surface area contributed by atoms with Crippen LogP contribution in [0.25, 0.3) is 0 Å². The molecule has 5 atom stereocenters. The van der Waals surface area contributed by atoms with Crippen LogP contribution < -0.4 is 0 Å². The first kappa shape index (κ1) is 23.6. The molecule has 34 heavy (non-hydrogen) atoms. The van der Waals surface area contributed by atoms with Gasteiger partial charge < -0.3 is 0 Å². The van der Waals surface area contributed by atoms with Crippen molar-refractivity contribution in [2.75, 3.05) is 0 Å². The average molecular weight is 451 g/mol. The summed E-state index contributed by atoms with van der Waals surface area (Å²) in [6.07, 6.45) is 28.7. The standard InChI is InChI=1S/C34H42/c1-22-30(28-17-18-33(22,6)32(28,4)5)25(24-14-10-11-15-24)21-26-27-16-19-34(7,31(27,2)3)29(26)20-23-12-8-9-13-23/h8-15,20-21,25,27-28H,16-19H2,1-7H3/b26-21+,29-20-/t25?,27-,28+,33-,34+/m1/s1. The van der Waals surface area contributed by atoms with Crippen molar-refractivity contribution < 1.29 is 0 Å². The first-order valence-electron chi connectivity index (χ1n) is 13.6. The van der Waals surface area contributed by atoms with E-state index in [1.54, 1.807) is 22.3 Å². The van der Waals surface area contributed by atoms with E-state index in [0.29, 0.717) is 34.0 Å². The van der Waals surface area contributed by atoms with Gasteiger partial charge >= 0.3 is 0 Å². The van der Waals surface area contributed by atoms with Crippen molar-refractivity contribution in [3.63, 3.8) is 0 Å². The molecule has 1 unspecified atom stereocenters. The van der Waals surface area contributed by atoms with E-state index in [9.17, 15) is 0 Å². The lowest BCUT2D eigenvalue weighted by Crippen LogP contribution is -2.29. The van der Waals surface area contributed by atoms with Gasteiger partial charge in [-0.15, -0.1) is 0 Å². The van der Waals surface area contributed by atoms with Gasteiger partial charge in [-0.2, -0.15) is 0 Å². The van der Waals surface area contributed by atoms with Crippen molar-refractivity contribution >= 4 is 0 Å². The Morgan fingerprint density at radius 3 is 1.94 bits per heavy atom. The summed E-state index contributed by atoms with van der Waals surface area (Å²) in [7, 11) is 0. The lowest BCUT2D eigenvalue weighted by atomic mass is 9.68. The Bertz CT molecular complexity index is 941. The molecule has 5 saturated carbocycles. The number of rotatable bonds is 4. The van der Waals surface area contributed by atoms with E-state index in [1.165, 1.54) is 37.5 Å². The highest BCUT2D eigenvalue weighted by Crippen LogP contribution is 2.72. The van der Waals surface area contributed by atoms with Gasteiger partial charge in [0.1, 0.15) is 0 Å². The minimum Gasteiger partial charge on any atom is -0.0729 e. The number of hydrogen-bond donors (Lipinski definition) is 0. The summed E-state index contributed by atoms with van der Waals surface area (Å²) in [5.74, 6) is 4.60. The Labute approximate surface area is 211 Å². The van der Waals surface area contributed by atoms with E-state index in [2.05, 4.69) is 112 Å². The molecule has 10 radical (unpaired) electrons. The summed E-state index contributed by atoms with van der Waals surface area (Å²) >= 11 is 0. The third-order valence-electron chi connectivity index (χ3n) is 12.1. The minimum absolute atomic E-state index is 0.251. The summed E-state index contributed by atoms with van der Waals surface area (Å²) in [4.78, 5) is 0. The number of hydrogen-bond acceptors (Lipinski definition) is 0. The van der Waals surface area contributed by atoms with E-state index < -0.39 is 0 Å². The zero-order valence-corrected chi connectivity index (χ0v) is 22.3. The van der Waals surface area contributed by atoms with Crippen LogP contribution in [0.4, 0.5) is 0 Å².